The topological polar surface area (TPSA) is 47.3 Å². The van der Waals surface area contributed by atoms with Crippen molar-refractivity contribution in [3.05, 3.63) is 47.3 Å². The van der Waals surface area contributed by atoms with E-state index in [4.69, 9.17) is 9.26 Å². The van der Waals surface area contributed by atoms with Crippen molar-refractivity contribution in [3.63, 3.8) is 0 Å². The Labute approximate surface area is 107 Å². The Bertz CT molecular complexity index is 495. The number of ether oxygens (including phenoxy) is 1. The van der Waals surface area contributed by atoms with E-state index in [2.05, 4.69) is 30.4 Å². The summed E-state index contributed by atoms with van der Waals surface area (Å²) in [6, 6.07) is 8.22. The van der Waals surface area contributed by atoms with Gasteiger partial charge in [-0.05, 0) is 19.9 Å². The van der Waals surface area contributed by atoms with E-state index in [0.717, 1.165) is 17.1 Å². The Morgan fingerprint density at radius 2 is 2.22 bits per heavy atom. The smallest absolute Gasteiger partial charge is 0.150 e. The Balaban J connectivity index is 2.08. The lowest BCUT2D eigenvalue weighted by atomic mass is 10.0. The lowest BCUT2D eigenvalue weighted by Gasteiger charge is -2.17. The lowest BCUT2D eigenvalue weighted by molar-refractivity contribution is 0.362. The Morgan fingerprint density at radius 1 is 1.39 bits per heavy atom. The Hall–Kier alpha value is -1.81. The van der Waals surface area contributed by atoms with Gasteiger partial charge in [0.15, 0.2) is 0 Å². The number of aryl methyl sites for hydroxylation is 1. The summed E-state index contributed by atoms with van der Waals surface area (Å²) in [5, 5.41) is 7.07. The molecule has 4 heteroatoms. The van der Waals surface area contributed by atoms with Gasteiger partial charge in [-0.15, -0.1) is 0 Å². The van der Waals surface area contributed by atoms with E-state index >= 15 is 0 Å². The first-order valence-electron chi connectivity index (χ1n) is 5.98. The van der Waals surface area contributed by atoms with Crippen LogP contribution in [0.5, 0.6) is 5.75 Å². The van der Waals surface area contributed by atoms with Gasteiger partial charge in [0.25, 0.3) is 0 Å². The van der Waals surface area contributed by atoms with Crippen molar-refractivity contribution in [2.24, 2.45) is 0 Å². The summed E-state index contributed by atoms with van der Waals surface area (Å²) in [6.07, 6.45) is 1.65. The first-order chi connectivity index (χ1) is 8.70. The molecule has 2 rings (SSSR count). The van der Waals surface area contributed by atoms with E-state index < -0.39 is 0 Å². The number of hydrogen-bond donors (Lipinski definition) is 1. The summed E-state index contributed by atoms with van der Waals surface area (Å²) in [7, 11) is 1.69. The highest BCUT2D eigenvalue weighted by molar-refractivity contribution is 5.38. The third-order valence-corrected chi connectivity index (χ3v) is 2.93. The van der Waals surface area contributed by atoms with E-state index in [9.17, 15) is 0 Å². The average molecular weight is 246 g/mol. The van der Waals surface area contributed by atoms with Gasteiger partial charge in [-0.25, -0.2) is 0 Å². The van der Waals surface area contributed by atoms with Gasteiger partial charge in [-0.3, -0.25) is 0 Å². The number of methoxy groups -OCH3 is 1. The third kappa shape index (κ3) is 2.90. The van der Waals surface area contributed by atoms with Gasteiger partial charge in [-0.2, -0.15) is 0 Å². The van der Waals surface area contributed by atoms with Crippen molar-refractivity contribution in [1.29, 1.82) is 0 Å². The molecule has 1 N–H and O–H groups in total. The molecule has 0 aliphatic rings. The first kappa shape index (κ1) is 12.6. The standard InChI is InChI=1S/C14H18N2O2/c1-10-4-5-14(17-3)13(8-10)11(2)15-9-12-6-7-16-18-12/h4-8,11,15H,9H2,1-3H3. The van der Waals surface area contributed by atoms with Gasteiger partial charge in [0.2, 0.25) is 0 Å². The number of nitrogens with one attached hydrogen (secondary N) is 1. The molecule has 0 fully saturated rings. The zero-order valence-electron chi connectivity index (χ0n) is 10.9. The second-order valence-electron chi connectivity index (χ2n) is 4.33. The van der Waals surface area contributed by atoms with E-state index in [-0.39, 0.29) is 6.04 Å². The fraction of sp³-hybridized carbons (Fsp3) is 0.357. The highest BCUT2D eigenvalue weighted by Crippen LogP contribution is 2.26. The Kier molecular flexibility index (Phi) is 3.99. The molecule has 0 saturated heterocycles. The normalized spacial score (nSPS) is 12.4. The van der Waals surface area contributed by atoms with Gasteiger partial charge in [-0.1, -0.05) is 22.9 Å². The predicted molar refractivity (Wildman–Crippen MR) is 69.5 cm³/mol. The zero-order valence-corrected chi connectivity index (χ0v) is 10.9. The molecule has 4 nitrogen and oxygen atoms in total. The molecule has 1 unspecified atom stereocenters. The maximum Gasteiger partial charge on any atom is 0.150 e. The number of hydrogen-bond acceptors (Lipinski definition) is 4. The van der Waals surface area contributed by atoms with Crippen LogP contribution in [-0.2, 0) is 6.54 Å². The van der Waals surface area contributed by atoms with Crippen LogP contribution in [0.4, 0.5) is 0 Å². The van der Waals surface area contributed by atoms with Crippen LogP contribution in [0.1, 0.15) is 29.9 Å². The van der Waals surface area contributed by atoms with Crippen molar-refractivity contribution < 1.29 is 9.26 Å². The van der Waals surface area contributed by atoms with Crippen LogP contribution < -0.4 is 10.1 Å². The molecule has 1 aromatic heterocycles. The fourth-order valence-corrected chi connectivity index (χ4v) is 1.89. The summed E-state index contributed by atoms with van der Waals surface area (Å²) < 4.78 is 10.4. The molecule has 0 bridgehead atoms. The maximum absolute atomic E-state index is 5.38. The van der Waals surface area contributed by atoms with Gasteiger partial charge in [0.1, 0.15) is 11.5 Å². The van der Waals surface area contributed by atoms with Crippen LogP contribution in [-0.4, -0.2) is 12.3 Å². The number of rotatable bonds is 5. The molecule has 1 heterocycles. The van der Waals surface area contributed by atoms with Crippen molar-refractivity contribution in [1.82, 2.24) is 10.5 Å². The van der Waals surface area contributed by atoms with Crippen molar-refractivity contribution in [3.8, 4) is 5.75 Å². The molecule has 0 saturated carbocycles. The number of aromatic nitrogens is 1. The first-order valence-corrected chi connectivity index (χ1v) is 5.98. The Morgan fingerprint density at radius 3 is 2.89 bits per heavy atom. The van der Waals surface area contributed by atoms with Gasteiger partial charge >= 0.3 is 0 Å². The molecule has 0 amide bonds. The molecule has 0 aliphatic carbocycles. The highest BCUT2D eigenvalue weighted by Gasteiger charge is 2.11. The number of benzene rings is 1. The van der Waals surface area contributed by atoms with Crippen molar-refractivity contribution in [2.75, 3.05) is 7.11 Å². The van der Waals surface area contributed by atoms with Gasteiger partial charge < -0.3 is 14.6 Å². The molecule has 1 aromatic carbocycles. The van der Waals surface area contributed by atoms with Crippen LogP contribution >= 0.6 is 0 Å². The maximum atomic E-state index is 5.38. The van der Waals surface area contributed by atoms with Crippen LogP contribution in [0, 0.1) is 6.92 Å². The number of nitrogens with zero attached hydrogens (tertiary/aromatic N) is 1. The molecule has 1 atom stereocenters. The minimum Gasteiger partial charge on any atom is -0.496 e. The fourth-order valence-electron chi connectivity index (χ4n) is 1.89. The summed E-state index contributed by atoms with van der Waals surface area (Å²) >= 11 is 0. The summed E-state index contributed by atoms with van der Waals surface area (Å²) in [6.45, 7) is 4.83. The largest absolute Gasteiger partial charge is 0.496 e. The van der Waals surface area contributed by atoms with Gasteiger partial charge in [0.05, 0.1) is 19.9 Å². The molecule has 0 aliphatic heterocycles. The van der Waals surface area contributed by atoms with Crippen LogP contribution in [0.2, 0.25) is 0 Å². The lowest BCUT2D eigenvalue weighted by Crippen LogP contribution is -2.18. The third-order valence-electron chi connectivity index (χ3n) is 2.93. The zero-order chi connectivity index (χ0) is 13.0. The SMILES string of the molecule is COc1ccc(C)cc1C(C)NCc1ccno1. The minimum absolute atomic E-state index is 0.185. The minimum atomic E-state index is 0.185. The molecule has 0 spiro atoms. The summed E-state index contributed by atoms with van der Waals surface area (Å²) in [5.41, 5.74) is 2.37. The molecule has 96 valence electrons. The van der Waals surface area contributed by atoms with Crippen molar-refractivity contribution in [2.45, 2.75) is 26.4 Å². The van der Waals surface area contributed by atoms with Gasteiger partial charge in [0, 0.05) is 17.7 Å². The molecule has 18 heavy (non-hydrogen) atoms. The second-order valence-corrected chi connectivity index (χ2v) is 4.33. The van der Waals surface area contributed by atoms with E-state index in [0.29, 0.717) is 6.54 Å². The molecular formula is C14H18N2O2. The van der Waals surface area contributed by atoms with E-state index in [1.807, 2.05) is 18.2 Å². The molecule has 2 aromatic rings. The summed E-state index contributed by atoms with van der Waals surface area (Å²) in [5.74, 6) is 1.73. The van der Waals surface area contributed by atoms with Crippen LogP contribution in [0.3, 0.4) is 0 Å². The second kappa shape index (κ2) is 5.69. The van der Waals surface area contributed by atoms with E-state index in [1.54, 1.807) is 13.3 Å². The van der Waals surface area contributed by atoms with Crippen LogP contribution in [0.15, 0.2) is 35.0 Å². The quantitative estimate of drug-likeness (QED) is 0.881. The predicted octanol–water partition coefficient (Wildman–Crippen LogP) is 2.84. The molecule has 0 radical (unpaired) electrons. The van der Waals surface area contributed by atoms with E-state index in [1.165, 1.54) is 5.56 Å². The highest BCUT2D eigenvalue weighted by atomic mass is 16.5. The monoisotopic (exact) mass is 246 g/mol. The van der Waals surface area contributed by atoms with Crippen molar-refractivity contribution >= 4 is 0 Å². The molecular weight excluding hydrogens is 228 g/mol. The van der Waals surface area contributed by atoms with Crippen LogP contribution in [0.25, 0.3) is 0 Å². The average Bonchev–Trinajstić information content (AvgIpc) is 2.89. The summed E-state index contributed by atoms with van der Waals surface area (Å²) in [4.78, 5) is 0.